The summed E-state index contributed by atoms with van der Waals surface area (Å²) in [5.41, 5.74) is 1.99. The molecule has 2 aromatic rings. The predicted molar refractivity (Wildman–Crippen MR) is 121 cm³/mol. The Hall–Kier alpha value is -1.80. The molecule has 0 radical (unpaired) electrons. The van der Waals surface area contributed by atoms with E-state index in [4.69, 9.17) is 4.43 Å². The maximum atomic E-state index is 7.07. The molecule has 3 aliphatic rings. The highest BCUT2D eigenvalue weighted by molar-refractivity contribution is 6.99. The zero-order valence-electron chi connectivity index (χ0n) is 18.0. The Morgan fingerprint density at radius 3 is 1.89 bits per heavy atom. The molecular weight excluding hydrogens is 356 g/mol. The molecule has 0 aliphatic heterocycles. The Kier molecular flexibility index (Phi) is 4.82. The number of allylic oxidation sites excluding steroid dienone is 1. The molecular formula is C26H34OSi. The Morgan fingerprint density at radius 2 is 1.46 bits per heavy atom. The van der Waals surface area contributed by atoms with Crippen LogP contribution >= 0.6 is 0 Å². The standard InChI is InChI=1S/C26H34OSi/c1-25(2,3)28(22-12-8-6-9-13-22,23-14-10-7-11-15-23)27-19-20-16-17-21-18-24(20)26(21,4)5/h6-15,19,21,24H,16-18H2,1-5H3/b20-19+/t21-,24-/m0/s1. The molecule has 0 amide bonds. The fourth-order valence-corrected chi connectivity index (χ4v) is 9.99. The van der Waals surface area contributed by atoms with Crippen LogP contribution in [0.25, 0.3) is 0 Å². The summed E-state index contributed by atoms with van der Waals surface area (Å²) in [6.45, 7) is 11.9. The van der Waals surface area contributed by atoms with Gasteiger partial charge in [-0.1, -0.05) is 95.3 Å². The summed E-state index contributed by atoms with van der Waals surface area (Å²) in [6.07, 6.45) is 6.08. The normalized spacial score (nSPS) is 25.2. The highest BCUT2D eigenvalue weighted by Gasteiger charge is 2.54. The van der Waals surface area contributed by atoms with Crippen molar-refractivity contribution in [2.45, 2.75) is 58.9 Å². The van der Waals surface area contributed by atoms with Gasteiger partial charge in [0.25, 0.3) is 0 Å². The van der Waals surface area contributed by atoms with Crippen molar-refractivity contribution in [3.63, 3.8) is 0 Å². The number of hydrogen-bond acceptors (Lipinski definition) is 1. The molecule has 3 fully saturated rings. The SMILES string of the molecule is CC1(C)[C@H]2CC/C(=C\O[Si](c3ccccc3)(c3ccccc3)C(C)(C)C)[C@@H]1C2. The first-order valence-electron chi connectivity index (χ1n) is 10.7. The van der Waals surface area contributed by atoms with E-state index in [0.717, 1.165) is 5.92 Å². The van der Waals surface area contributed by atoms with Crippen LogP contribution in [0, 0.1) is 17.3 Å². The van der Waals surface area contributed by atoms with Gasteiger partial charge in [-0.05, 0) is 57.5 Å². The van der Waals surface area contributed by atoms with E-state index in [1.54, 1.807) is 5.57 Å². The smallest absolute Gasteiger partial charge is 0.319 e. The lowest BCUT2D eigenvalue weighted by molar-refractivity contribution is -0.0293. The zero-order valence-corrected chi connectivity index (χ0v) is 19.0. The van der Waals surface area contributed by atoms with Gasteiger partial charge in [0.1, 0.15) is 0 Å². The predicted octanol–water partition coefficient (Wildman–Crippen LogP) is 5.90. The molecule has 3 saturated carbocycles. The molecule has 0 heterocycles. The number of rotatable bonds is 4. The molecule has 28 heavy (non-hydrogen) atoms. The Balaban J connectivity index is 1.81. The van der Waals surface area contributed by atoms with Crippen molar-refractivity contribution < 1.29 is 4.43 Å². The van der Waals surface area contributed by atoms with E-state index in [1.165, 1.54) is 29.6 Å². The summed E-state index contributed by atoms with van der Waals surface area (Å²) in [4.78, 5) is 0. The lowest BCUT2D eigenvalue weighted by Gasteiger charge is -2.57. The van der Waals surface area contributed by atoms with Crippen molar-refractivity contribution in [2.24, 2.45) is 17.3 Å². The highest BCUT2D eigenvalue weighted by Crippen LogP contribution is 2.61. The molecule has 5 rings (SSSR count). The molecule has 2 bridgehead atoms. The van der Waals surface area contributed by atoms with Crippen LogP contribution < -0.4 is 10.4 Å². The second-order valence-corrected chi connectivity index (χ2v) is 14.6. The van der Waals surface area contributed by atoms with E-state index in [0.29, 0.717) is 11.3 Å². The van der Waals surface area contributed by atoms with Gasteiger partial charge in [0.15, 0.2) is 0 Å². The number of benzene rings is 2. The second-order valence-electron chi connectivity index (χ2n) is 10.3. The van der Waals surface area contributed by atoms with Gasteiger partial charge in [0.2, 0.25) is 0 Å². The van der Waals surface area contributed by atoms with Crippen LogP contribution in [0.3, 0.4) is 0 Å². The van der Waals surface area contributed by atoms with Crippen molar-refractivity contribution in [1.29, 1.82) is 0 Å². The lowest BCUT2D eigenvalue weighted by atomic mass is 9.47. The number of fused-ring (bicyclic) bond motifs is 2. The molecule has 0 N–H and O–H groups in total. The molecule has 0 spiro atoms. The highest BCUT2D eigenvalue weighted by atomic mass is 28.4. The fourth-order valence-electron chi connectivity index (χ4n) is 5.65. The van der Waals surface area contributed by atoms with Crippen molar-refractivity contribution in [3.05, 3.63) is 72.5 Å². The Morgan fingerprint density at radius 1 is 0.929 bits per heavy atom. The first kappa shape index (κ1) is 19.5. The summed E-state index contributed by atoms with van der Waals surface area (Å²) in [5.74, 6) is 1.60. The van der Waals surface area contributed by atoms with Crippen molar-refractivity contribution in [2.75, 3.05) is 0 Å². The van der Waals surface area contributed by atoms with E-state index in [-0.39, 0.29) is 5.04 Å². The third kappa shape index (κ3) is 2.97. The molecule has 0 saturated heterocycles. The van der Waals surface area contributed by atoms with E-state index in [1.807, 2.05) is 0 Å². The summed E-state index contributed by atoms with van der Waals surface area (Å²) in [7, 11) is -2.47. The van der Waals surface area contributed by atoms with Crippen LogP contribution in [0.4, 0.5) is 0 Å². The topological polar surface area (TPSA) is 9.23 Å². The largest absolute Gasteiger partial charge is 0.540 e. The van der Waals surface area contributed by atoms with Crippen LogP contribution in [0.15, 0.2) is 72.5 Å². The van der Waals surface area contributed by atoms with Gasteiger partial charge in [-0.15, -0.1) is 0 Å². The summed E-state index contributed by atoms with van der Waals surface area (Å²) >= 11 is 0. The van der Waals surface area contributed by atoms with Gasteiger partial charge >= 0.3 is 8.32 Å². The minimum Gasteiger partial charge on any atom is -0.540 e. The van der Waals surface area contributed by atoms with Gasteiger partial charge in [-0.3, -0.25) is 0 Å². The van der Waals surface area contributed by atoms with Gasteiger partial charge in [0, 0.05) is 0 Å². The monoisotopic (exact) mass is 390 g/mol. The Bertz CT molecular complexity index is 804. The van der Waals surface area contributed by atoms with E-state index >= 15 is 0 Å². The van der Waals surface area contributed by atoms with Gasteiger partial charge in [-0.2, -0.15) is 0 Å². The second kappa shape index (κ2) is 6.91. The first-order valence-corrected chi connectivity index (χ1v) is 12.7. The third-order valence-corrected chi connectivity index (χ3v) is 12.4. The molecule has 2 heteroatoms. The summed E-state index contributed by atoms with van der Waals surface area (Å²) in [5, 5.41) is 2.73. The van der Waals surface area contributed by atoms with Crippen molar-refractivity contribution >= 4 is 18.7 Å². The van der Waals surface area contributed by atoms with E-state index in [2.05, 4.69) is 102 Å². The third-order valence-electron chi connectivity index (χ3n) is 7.50. The van der Waals surface area contributed by atoms with Gasteiger partial charge in [0.05, 0.1) is 6.26 Å². The number of hydrogen-bond donors (Lipinski definition) is 0. The van der Waals surface area contributed by atoms with E-state index < -0.39 is 8.32 Å². The lowest BCUT2D eigenvalue weighted by Crippen LogP contribution is -2.66. The molecule has 148 valence electrons. The van der Waals surface area contributed by atoms with Crippen molar-refractivity contribution in [1.82, 2.24) is 0 Å². The minimum absolute atomic E-state index is 0.0269. The maximum Gasteiger partial charge on any atom is 0.319 e. The first-order chi connectivity index (χ1) is 13.3. The average Bonchev–Trinajstić information content (AvgIpc) is 2.69. The molecule has 2 atom stereocenters. The summed E-state index contributed by atoms with van der Waals surface area (Å²) < 4.78 is 7.07. The van der Waals surface area contributed by atoms with Crippen LogP contribution in [-0.2, 0) is 4.43 Å². The van der Waals surface area contributed by atoms with Crippen LogP contribution in [0.1, 0.15) is 53.9 Å². The molecule has 1 nitrogen and oxygen atoms in total. The minimum atomic E-state index is -2.47. The quantitative estimate of drug-likeness (QED) is 0.466. The molecule has 3 aliphatic carbocycles. The maximum absolute atomic E-state index is 7.07. The van der Waals surface area contributed by atoms with Gasteiger partial charge in [-0.25, -0.2) is 0 Å². The van der Waals surface area contributed by atoms with Crippen molar-refractivity contribution in [3.8, 4) is 0 Å². The Labute approximate surface area is 172 Å². The summed E-state index contributed by atoms with van der Waals surface area (Å²) in [6, 6.07) is 21.9. The van der Waals surface area contributed by atoms with E-state index in [9.17, 15) is 0 Å². The van der Waals surface area contributed by atoms with Gasteiger partial charge < -0.3 is 4.43 Å². The molecule has 0 unspecified atom stereocenters. The molecule has 0 aromatic heterocycles. The van der Waals surface area contributed by atoms with Crippen LogP contribution in [-0.4, -0.2) is 8.32 Å². The fraction of sp³-hybridized carbons (Fsp3) is 0.462. The van der Waals surface area contributed by atoms with Crippen LogP contribution in [0.2, 0.25) is 5.04 Å². The van der Waals surface area contributed by atoms with Crippen LogP contribution in [0.5, 0.6) is 0 Å². The molecule has 2 aromatic carbocycles. The average molecular weight is 391 g/mol. The zero-order chi connectivity index (χ0) is 20.0.